The molecule has 2 amide bonds. The molecular weight excluding hydrogens is 550 g/mol. The van der Waals surface area contributed by atoms with Crippen molar-refractivity contribution in [2.45, 2.75) is 0 Å². The average Bonchev–Trinajstić information content (AvgIpc) is 3.01. The van der Waals surface area contributed by atoms with Crippen LogP contribution in [0.4, 0.5) is 11.4 Å². The number of ether oxygens (including phenoxy) is 1. The summed E-state index contributed by atoms with van der Waals surface area (Å²) < 4.78 is 5.36. The Balaban J connectivity index is 1.46. The first-order valence-corrected chi connectivity index (χ1v) is 13.0. The predicted octanol–water partition coefficient (Wildman–Crippen LogP) is 4.80. The van der Waals surface area contributed by atoms with Crippen molar-refractivity contribution in [2.75, 3.05) is 19.0 Å². The normalized spacial score (nSPS) is 11.1. The summed E-state index contributed by atoms with van der Waals surface area (Å²) in [5, 5.41) is 17.5. The van der Waals surface area contributed by atoms with Gasteiger partial charge in [0.1, 0.15) is 11.4 Å². The molecule has 0 bridgehead atoms. The lowest BCUT2D eigenvalue weighted by Gasteiger charge is -2.12. The minimum absolute atomic E-state index is 0.0191. The summed E-state index contributed by atoms with van der Waals surface area (Å²) in [7, 11) is 3.83. The standard InChI is InChI=1S/C32H27N5O6/c1-36(2)26-15-11-22(12-16-26)20-29(34-30(38)24-8-4-3-5-9-24)31(39)35-33-21-23-7-6-10-28(19-23)43-32(40)25-13-17-27(18-14-25)37(41)42/h3-21H,1-2H3,(H,34,38)(H,35,39)/b29-20-,33-21-. The largest absolute Gasteiger partial charge is 0.423 e. The van der Waals surface area contributed by atoms with E-state index >= 15 is 0 Å². The van der Waals surface area contributed by atoms with Gasteiger partial charge in [0.25, 0.3) is 17.5 Å². The van der Waals surface area contributed by atoms with Gasteiger partial charge in [-0.2, -0.15) is 5.10 Å². The SMILES string of the molecule is CN(C)c1ccc(/C=C(\NC(=O)c2ccccc2)C(=O)N/N=C\c2cccc(OC(=O)c3ccc([N+](=O)[O-])cc3)c2)cc1. The number of hydrogen-bond donors (Lipinski definition) is 2. The van der Waals surface area contributed by atoms with E-state index in [9.17, 15) is 24.5 Å². The average molecular weight is 578 g/mol. The van der Waals surface area contributed by atoms with E-state index in [1.165, 1.54) is 36.5 Å². The van der Waals surface area contributed by atoms with Crippen LogP contribution < -0.4 is 20.4 Å². The maximum absolute atomic E-state index is 13.1. The second-order valence-corrected chi connectivity index (χ2v) is 9.33. The first kappa shape index (κ1) is 29.9. The second kappa shape index (κ2) is 14.0. The zero-order valence-electron chi connectivity index (χ0n) is 23.3. The van der Waals surface area contributed by atoms with Crippen LogP contribution in [0.5, 0.6) is 5.75 Å². The molecule has 43 heavy (non-hydrogen) atoms. The van der Waals surface area contributed by atoms with Gasteiger partial charge in [-0.15, -0.1) is 0 Å². The van der Waals surface area contributed by atoms with Gasteiger partial charge in [0, 0.05) is 37.5 Å². The Hall–Kier alpha value is -6.10. The predicted molar refractivity (Wildman–Crippen MR) is 163 cm³/mol. The number of amides is 2. The Labute approximate surface area is 247 Å². The van der Waals surface area contributed by atoms with E-state index in [0.717, 1.165) is 5.69 Å². The molecule has 4 aromatic carbocycles. The number of hydrazone groups is 1. The smallest absolute Gasteiger partial charge is 0.343 e. The highest BCUT2D eigenvalue weighted by Crippen LogP contribution is 2.17. The van der Waals surface area contributed by atoms with Gasteiger partial charge in [0.05, 0.1) is 16.7 Å². The molecule has 0 heterocycles. The highest BCUT2D eigenvalue weighted by Gasteiger charge is 2.15. The van der Waals surface area contributed by atoms with E-state index in [2.05, 4.69) is 15.8 Å². The number of benzene rings is 4. The summed E-state index contributed by atoms with van der Waals surface area (Å²) >= 11 is 0. The fourth-order valence-corrected chi connectivity index (χ4v) is 3.75. The van der Waals surface area contributed by atoms with Crippen LogP contribution in [0.3, 0.4) is 0 Å². The second-order valence-electron chi connectivity index (χ2n) is 9.33. The lowest BCUT2D eigenvalue weighted by molar-refractivity contribution is -0.384. The molecule has 0 spiro atoms. The summed E-state index contributed by atoms with van der Waals surface area (Å²) in [4.78, 5) is 50.6. The molecule has 0 atom stereocenters. The van der Waals surface area contributed by atoms with Crippen molar-refractivity contribution in [3.05, 3.63) is 141 Å². The molecule has 11 heteroatoms. The van der Waals surface area contributed by atoms with E-state index in [-0.39, 0.29) is 22.7 Å². The monoisotopic (exact) mass is 577 g/mol. The molecule has 0 aliphatic heterocycles. The van der Waals surface area contributed by atoms with Crippen molar-refractivity contribution in [1.82, 2.24) is 10.7 Å². The van der Waals surface area contributed by atoms with Crippen molar-refractivity contribution in [3.63, 3.8) is 0 Å². The number of nitro groups is 1. The summed E-state index contributed by atoms with van der Waals surface area (Å²) in [5.74, 6) is -1.60. The van der Waals surface area contributed by atoms with E-state index in [4.69, 9.17) is 4.74 Å². The Bertz CT molecular complexity index is 1680. The van der Waals surface area contributed by atoms with Gasteiger partial charge in [0.15, 0.2) is 0 Å². The number of nitrogens with zero attached hydrogens (tertiary/aromatic N) is 3. The van der Waals surface area contributed by atoms with Gasteiger partial charge in [-0.05, 0) is 65.7 Å². The topological polar surface area (TPSA) is 143 Å². The number of esters is 1. The number of non-ortho nitro benzene ring substituents is 1. The molecule has 0 aliphatic carbocycles. The fourth-order valence-electron chi connectivity index (χ4n) is 3.75. The van der Waals surface area contributed by atoms with Crippen LogP contribution in [0.1, 0.15) is 31.8 Å². The molecule has 0 saturated carbocycles. The number of hydrogen-bond acceptors (Lipinski definition) is 8. The van der Waals surface area contributed by atoms with Gasteiger partial charge in [-0.25, -0.2) is 10.2 Å². The number of carbonyl (C=O) groups is 3. The molecule has 0 fully saturated rings. The molecule has 0 aliphatic rings. The van der Waals surface area contributed by atoms with Gasteiger partial charge in [-0.1, -0.05) is 42.5 Å². The van der Waals surface area contributed by atoms with Crippen LogP contribution in [0, 0.1) is 10.1 Å². The minimum Gasteiger partial charge on any atom is -0.423 e. The lowest BCUT2D eigenvalue weighted by atomic mass is 10.1. The summed E-state index contributed by atoms with van der Waals surface area (Å²) in [5.41, 5.74) is 4.95. The molecule has 216 valence electrons. The molecule has 0 aromatic heterocycles. The van der Waals surface area contributed by atoms with Gasteiger partial charge < -0.3 is 15.0 Å². The quantitative estimate of drug-likeness (QED) is 0.0688. The minimum atomic E-state index is -0.695. The van der Waals surface area contributed by atoms with E-state index in [0.29, 0.717) is 16.7 Å². The number of nitrogens with one attached hydrogen (secondary N) is 2. The summed E-state index contributed by atoms with van der Waals surface area (Å²) in [6.07, 6.45) is 2.90. The third kappa shape index (κ3) is 8.44. The van der Waals surface area contributed by atoms with Crippen LogP contribution in [0.15, 0.2) is 114 Å². The van der Waals surface area contributed by atoms with Gasteiger partial charge >= 0.3 is 5.97 Å². The zero-order chi connectivity index (χ0) is 30.8. The van der Waals surface area contributed by atoms with Crippen molar-refractivity contribution >= 4 is 41.4 Å². The van der Waals surface area contributed by atoms with E-state index in [1.54, 1.807) is 54.6 Å². The fraction of sp³-hybridized carbons (Fsp3) is 0.0625. The zero-order valence-corrected chi connectivity index (χ0v) is 23.3. The first-order chi connectivity index (χ1) is 20.7. The molecular formula is C32H27N5O6. The Kier molecular flexibility index (Phi) is 9.72. The molecule has 2 N–H and O–H groups in total. The number of anilines is 1. The maximum atomic E-state index is 13.1. The van der Waals surface area contributed by atoms with Crippen LogP contribution in [-0.2, 0) is 4.79 Å². The molecule has 11 nitrogen and oxygen atoms in total. The highest BCUT2D eigenvalue weighted by molar-refractivity contribution is 6.05. The van der Waals surface area contributed by atoms with E-state index in [1.807, 2.05) is 43.3 Å². The van der Waals surface area contributed by atoms with Crippen LogP contribution in [-0.4, -0.2) is 43.0 Å². The summed E-state index contributed by atoms with van der Waals surface area (Å²) in [6, 6.07) is 27.4. The van der Waals surface area contributed by atoms with Crippen LogP contribution in [0.25, 0.3) is 6.08 Å². The first-order valence-electron chi connectivity index (χ1n) is 13.0. The molecule has 0 unspecified atom stereocenters. The maximum Gasteiger partial charge on any atom is 0.343 e. The Morgan fingerprint density at radius 3 is 2.19 bits per heavy atom. The Morgan fingerprint density at radius 1 is 0.837 bits per heavy atom. The molecule has 4 rings (SSSR count). The van der Waals surface area contributed by atoms with Gasteiger partial charge in [-0.3, -0.25) is 19.7 Å². The Morgan fingerprint density at radius 2 is 1.53 bits per heavy atom. The van der Waals surface area contributed by atoms with Crippen molar-refractivity contribution in [2.24, 2.45) is 5.10 Å². The summed E-state index contributed by atoms with van der Waals surface area (Å²) in [6.45, 7) is 0. The van der Waals surface area contributed by atoms with Crippen LogP contribution in [0.2, 0.25) is 0 Å². The third-order valence-corrected chi connectivity index (χ3v) is 6.01. The van der Waals surface area contributed by atoms with Crippen LogP contribution >= 0.6 is 0 Å². The third-order valence-electron chi connectivity index (χ3n) is 6.01. The highest BCUT2D eigenvalue weighted by atomic mass is 16.6. The van der Waals surface area contributed by atoms with Crippen molar-refractivity contribution in [1.29, 1.82) is 0 Å². The van der Waals surface area contributed by atoms with Crippen molar-refractivity contribution in [3.8, 4) is 5.75 Å². The molecule has 4 aromatic rings. The number of carbonyl (C=O) groups excluding carboxylic acids is 3. The van der Waals surface area contributed by atoms with E-state index < -0.39 is 22.7 Å². The number of rotatable bonds is 10. The van der Waals surface area contributed by atoms with Gasteiger partial charge in [0.2, 0.25) is 0 Å². The molecule has 0 saturated heterocycles. The molecule has 0 radical (unpaired) electrons. The lowest BCUT2D eigenvalue weighted by Crippen LogP contribution is -2.32. The van der Waals surface area contributed by atoms with Crippen molar-refractivity contribution < 1.29 is 24.0 Å². The number of nitro benzene ring substituents is 1.